The highest BCUT2D eigenvalue weighted by molar-refractivity contribution is 9.33. The van der Waals surface area contributed by atoms with Crippen molar-refractivity contribution in [1.29, 1.82) is 0 Å². The Bertz CT molecular complexity index is 661. The number of carboxylic acids is 1. The van der Waals surface area contributed by atoms with Gasteiger partial charge in [0.2, 0.25) is 0 Å². The van der Waals surface area contributed by atoms with Crippen molar-refractivity contribution in [1.82, 2.24) is 0 Å². The summed E-state index contributed by atoms with van der Waals surface area (Å²) in [5, 5.41) is 9.82. The molecule has 1 aromatic rings. The van der Waals surface area contributed by atoms with Crippen molar-refractivity contribution < 1.29 is 9.90 Å². The number of hydrogen-bond acceptors (Lipinski definition) is 4. The zero-order valence-electron chi connectivity index (χ0n) is 19.2. The van der Waals surface area contributed by atoms with Crippen molar-refractivity contribution in [3.05, 3.63) is 29.3 Å². The van der Waals surface area contributed by atoms with E-state index >= 15 is 0 Å². The summed E-state index contributed by atoms with van der Waals surface area (Å²) in [4.78, 5) is 12.9. The van der Waals surface area contributed by atoms with Crippen LogP contribution in [0.15, 0.2) is 23.1 Å². The van der Waals surface area contributed by atoms with E-state index in [2.05, 4.69) is 24.7 Å². The normalized spacial score (nSPS) is 17.9. The van der Waals surface area contributed by atoms with E-state index in [0.717, 1.165) is 17.1 Å². The fourth-order valence-corrected chi connectivity index (χ4v) is 9.90. The van der Waals surface area contributed by atoms with E-state index in [1.54, 1.807) is 0 Å². The highest BCUT2D eigenvalue weighted by atomic mass is 33.7. The van der Waals surface area contributed by atoms with Crippen LogP contribution < -0.4 is 0 Å². The lowest BCUT2D eigenvalue weighted by molar-refractivity contribution is 0.0693. The van der Waals surface area contributed by atoms with Gasteiger partial charge in [0.1, 0.15) is 0 Å². The smallest absolute Gasteiger partial charge is 0.336 e. The van der Waals surface area contributed by atoms with Crippen molar-refractivity contribution in [2.45, 2.75) is 114 Å². The lowest BCUT2D eigenvalue weighted by Gasteiger charge is -2.34. The summed E-state index contributed by atoms with van der Waals surface area (Å²) < 4.78 is 0. The van der Waals surface area contributed by atoms with Crippen LogP contribution in [0.2, 0.25) is 0 Å². The summed E-state index contributed by atoms with van der Waals surface area (Å²) in [6.45, 7) is 2.26. The molecule has 0 spiro atoms. The number of carboxylic acid groups (broad SMARTS) is 1. The van der Waals surface area contributed by atoms with E-state index in [1.807, 2.05) is 12.1 Å². The van der Waals surface area contributed by atoms with E-state index in [-0.39, 0.29) is 0 Å². The lowest BCUT2D eigenvalue weighted by Crippen LogP contribution is -2.09. The van der Waals surface area contributed by atoms with Crippen LogP contribution in [0.1, 0.15) is 125 Å². The van der Waals surface area contributed by atoms with Gasteiger partial charge in [0, 0.05) is 4.90 Å². The molecule has 2 nitrogen and oxygen atoms in total. The van der Waals surface area contributed by atoms with Gasteiger partial charge in [-0.2, -0.15) is 0 Å². The Balaban J connectivity index is 1.93. The van der Waals surface area contributed by atoms with Gasteiger partial charge in [-0.3, -0.25) is 0 Å². The maximum Gasteiger partial charge on any atom is 0.336 e. The zero-order chi connectivity index (χ0) is 22.5. The van der Waals surface area contributed by atoms with Crippen LogP contribution in [-0.2, 0) is 0 Å². The van der Waals surface area contributed by atoms with Gasteiger partial charge in [-0.05, 0) is 58.5 Å². The van der Waals surface area contributed by atoms with Gasteiger partial charge in [-0.25, -0.2) is 4.79 Å². The Morgan fingerprint density at radius 2 is 1.58 bits per heavy atom. The van der Waals surface area contributed by atoms with Crippen molar-refractivity contribution in [3.63, 3.8) is 0 Å². The molecule has 1 unspecified atom stereocenters. The quantitative estimate of drug-likeness (QED) is 0.127. The van der Waals surface area contributed by atoms with Crippen molar-refractivity contribution in [2.24, 2.45) is 0 Å². The molecular formula is C25H42O2S4. The van der Waals surface area contributed by atoms with Crippen LogP contribution >= 0.6 is 41.2 Å². The summed E-state index contributed by atoms with van der Waals surface area (Å²) in [5.74, 6) is 0.644. The Labute approximate surface area is 205 Å². The van der Waals surface area contributed by atoms with Gasteiger partial charge in [0.05, 0.1) is 5.56 Å². The third-order valence-corrected chi connectivity index (χ3v) is 15.6. The molecule has 0 aromatic heterocycles. The molecule has 1 fully saturated rings. The minimum atomic E-state index is -1.61. The molecule has 178 valence electrons. The third kappa shape index (κ3) is 9.10. The first-order valence-corrected chi connectivity index (χ1v) is 17.5. The number of hydrogen-bond donors (Lipinski definition) is 3. The van der Waals surface area contributed by atoms with Crippen molar-refractivity contribution in [2.75, 3.05) is 5.75 Å². The molecule has 1 aliphatic carbocycles. The van der Waals surface area contributed by atoms with E-state index in [1.165, 1.54) is 105 Å². The monoisotopic (exact) mass is 502 g/mol. The zero-order valence-corrected chi connectivity index (χ0v) is 22.6. The maximum absolute atomic E-state index is 12.0. The second-order valence-electron chi connectivity index (χ2n) is 9.00. The highest BCUT2D eigenvalue weighted by Crippen LogP contribution is 2.72. The molecule has 0 heterocycles. The van der Waals surface area contributed by atoms with E-state index in [4.69, 9.17) is 11.7 Å². The van der Waals surface area contributed by atoms with Crippen LogP contribution in [0.4, 0.5) is 0 Å². The first-order chi connectivity index (χ1) is 15.0. The summed E-state index contributed by atoms with van der Waals surface area (Å²) in [6, 6.07) is 6.03. The molecule has 1 aromatic carbocycles. The van der Waals surface area contributed by atoms with Gasteiger partial charge in [0.25, 0.3) is 0 Å². The maximum atomic E-state index is 12.0. The second kappa shape index (κ2) is 15.1. The SMILES string of the molecule is CCCCCCCCCCCCS(S)(SS)c1cc(C2CCCCC2)ccc1C(=O)O. The predicted octanol–water partition coefficient (Wildman–Crippen LogP) is 9.85. The van der Waals surface area contributed by atoms with E-state index < -0.39 is 14.1 Å². The van der Waals surface area contributed by atoms with Crippen LogP contribution in [-0.4, -0.2) is 16.8 Å². The number of benzene rings is 1. The van der Waals surface area contributed by atoms with Crippen molar-refractivity contribution in [3.8, 4) is 0 Å². The largest absolute Gasteiger partial charge is 0.478 e. The summed E-state index contributed by atoms with van der Waals surface area (Å²) in [6.07, 6.45) is 19.3. The molecule has 1 saturated carbocycles. The number of carbonyl (C=O) groups is 1. The number of unbranched alkanes of at least 4 members (excludes halogenated alkanes) is 9. The molecule has 2 rings (SSSR count). The molecular weight excluding hydrogens is 461 g/mol. The predicted molar refractivity (Wildman–Crippen MR) is 147 cm³/mol. The molecule has 0 radical (unpaired) electrons. The minimum absolute atomic E-state index is 0.415. The van der Waals surface area contributed by atoms with Crippen LogP contribution in [0.25, 0.3) is 0 Å². The minimum Gasteiger partial charge on any atom is -0.478 e. The lowest BCUT2D eigenvalue weighted by atomic mass is 9.84. The van der Waals surface area contributed by atoms with Gasteiger partial charge in [-0.15, -0.1) is 31.4 Å². The van der Waals surface area contributed by atoms with Gasteiger partial charge >= 0.3 is 5.97 Å². The van der Waals surface area contributed by atoms with Crippen LogP contribution in [0.5, 0.6) is 0 Å². The highest BCUT2D eigenvalue weighted by Gasteiger charge is 2.28. The Hall–Kier alpha value is 0.0900. The Kier molecular flexibility index (Phi) is 13.3. The van der Waals surface area contributed by atoms with Gasteiger partial charge < -0.3 is 5.11 Å². The summed E-state index contributed by atoms with van der Waals surface area (Å²) >= 11 is 9.65. The Morgan fingerprint density at radius 1 is 1.00 bits per heavy atom. The van der Waals surface area contributed by atoms with Crippen molar-refractivity contribution >= 4 is 47.2 Å². The third-order valence-electron chi connectivity index (χ3n) is 6.55. The molecule has 0 amide bonds. The first kappa shape index (κ1) is 27.3. The Morgan fingerprint density at radius 3 is 2.13 bits per heavy atom. The molecule has 1 N–H and O–H groups in total. The number of thiol groups is 2. The van der Waals surface area contributed by atoms with E-state index in [0.29, 0.717) is 11.5 Å². The van der Waals surface area contributed by atoms with Crippen LogP contribution in [0.3, 0.4) is 0 Å². The summed E-state index contributed by atoms with van der Waals surface area (Å²) in [5.41, 5.74) is 1.72. The standard InChI is InChI=1S/C25H42O2S4/c1-2-3-4-5-6-7-8-9-10-14-19-31(29,30-28)24-20-22(17-18-23(24)25(26)27)21-15-12-11-13-16-21/h17-18,20-21,28-29H,2-16,19H2,1H3,(H,26,27). The molecule has 1 atom stereocenters. The topological polar surface area (TPSA) is 37.3 Å². The first-order valence-electron chi connectivity index (χ1n) is 12.3. The number of aromatic carboxylic acids is 1. The molecule has 31 heavy (non-hydrogen) atoms. The van der Waals surface area contributed by atoms with E-state index in [9.17, 15) is 9.90 Å². The van der Waals surface area contributed by atoms with Crippen LogP contribution in [0, 0.1) is 0 Å². The van der Waals surface area contributed by atoms with Gasteiger partial charge in [0.15, 0.2) is 0 Å². The molecule has 0 bridgehead atoms. The average Bonchev–Trinajstić information content (AvgIpc) is 2.80. The molecule has 6 heteroatoms. The fraction of sp³-hybridized carbons (Fsp3) is 0.720. The summed E-state index contributed by atoms with van der Waals surface area (Å²) in [7, 11) is -0.135. The molecule has 1 aliphatic rings. The second-order valence-corrected chi connectivity index (χ2v) is 17.4. The molecule has 0 saturated heterocycles. The van der Waals surface area contributed by atoms with Gasteiger partial charge in [-0.1, -0.05) is 90.0 Å². The molecule has 0 aliphatic heterocycles. The number of rotatable bonds is 15. The fourth-order valence-electron chi connectivity index (χ4n) is 4.64. The average molecular weight is 503 g/mol.